The molecule has 0 bridgehead atoms. The van der Waals surface area contributed by atoms with E-state index in [-0.39, 0.29) is 5.78 Å². The van der Waals surface area contributed by atoms with Crippen LogP contribution in [0.1, 0.15) is 13.3 Å². The minimum absolute atomic E-state index is 0.0345. The molecule has 0 spiro atoms. The molecule has 0 fully saturated rings. The van der Waals surface area contributed by atoms with E-state index in [1.807, 2.05) is 6.92 Å². The molecule has 3 nitrogen and oxygen atoms in total. The Kier molecular flexibility index (Phi) is 3.01. The zero-order valence-electron chi connectivity index (χ0n) is 8.16. The second kappa shape index (κ2) is 3.85. The number of ketones is 1. The first-order valence-electron chi connectivity index (χ1n) is 4.23. The highest BCUT2D eigenvalue weighted by Gasteiger charge is 2.28. The van der Waals surface area contributed by atoms with Crippen LogP contribution < -0.4 is 0 Å². The lowest BCUT2D eigenvalue weighted by Gasteiger charge is -2.27. The predicted octanol–water partition coefficient (Wildman–Crippen LogP) is 1.45. The summed E-state index contributed by atoms with van der Waals surface area (Å²) in [6.07, 6.45) is 5.52. The summed E-state index contributed by atoms with van der Waals surface area (Å²) < 4.78 is 10.3. The average molecular weight is 182 g/mol. The maximum atomic E-state index is 11.3. The Labute approximate surface area is 78.0 Å². The fraction of sp³-hybridized carbons (Fsp3) is 0.500. The topological polar surface area (TPSA) is 35.5 Å². The summed E-state index contributed by atoms with van der Waals surface area (Å²) >= 11 is 0. The maximum Gasteiger partial charge on any atom is 0.208 e. The molecule has 1 aliphatic rings. The predicted molar refractivity (Wildman–Crippen MR) is 49.3 cm³/mol. The van der Waals surface area contributed by atoms with Gasteiger partial charge in [0.2, 0.25) is 5.79 Å². The molecule has 1 rings (SSSR count). The molecule has 0 heterocycles. The molecule has 0 N–H and O–H groups in total. The van der Waals surface area contributed by atoms with Gasteiger partial charge >= 0.3 is 0 Å². The number of allylic oxidation sites excluding steroid dienone is 2. The van der Waals surface area contributed by atoms with Crippen LogP contribution in [0.2, 0.25) is 0 Å². The van der Waals surface area contributed by atoms with E-state index in [1.54, 1.807) is 26.4 Å². The van der Waals surface area contributed by atoms with E-state index in [4.69, 9.17) is 9.47 Å². The number of methoxy groups -OCH3 is 2. The Hall–Kier alpha value is -0.930. The molecular weight excluding hydrogens is 168 g/mol. The molecule has 0 radical (unpaired) electrons. The lowest BCUT2D eigenvalue weighted by molar-refractivity contribution is -0.137. The summed E-state index contributed by atoms with van der Waals surface area (Å²) in [6, 6.07) is 0. The Balaban J connectivity index is 2.98. The normalized spacial score (nSPS) is 20.2. The molecule has 1 aliphatic carbocycles. The van der Waals surface area contributed by atoms with Gasteiger partial charge in [-0.25, -0.2) is 0 Å². The van der Waals surface area contributed by atoms with Crippen molar-refractivity contribution in [2.24, 2.45) is 0 Å². The fourth-order valence-electron chi connectivity index (χ4n) is 1.27. The van der Waals surface area contributed by atoms with Crippen LogP contribution in [0.15, 0.2) is 23.8 Å². The lowest BCUT2D eigenvalue weighted by atomic mass is 9.98. The van der Waals surface area contributed by atoms with Gasteiger partial charge in [0.1, 0.15) is 0 Å². The molecule has 0 saturated carbocycles. The van der Waals surface area contributed by atoms with Crippen LogP contribution in [-0.2, 0) is 14.3 Å². The van der Waals surface area contributed by atoms with E-state index in [1.165, 1.54) is 6.08 Å². The molecule has 0 unspecified atom stereocenters. The van der Waals surface area contributed by atoms with E-state index in [0.717, 1.165) is 5.57 Å². The third-order valence-electron chi connectivity index (χ3n) is 2.18. The van der Waals surface area contributed by atoms with Gasteiger partial charge in [0.25, 0.3) is 0 Å². The van der Waals surface area contributed by atoms with Crippen molar-refractivity contribution < 1.29 is 14.3 Å². The Morgan fingerprint density at radius 3 is 2.46 bits per heavy atom. The van der Waals surface area contributed by atoms with Crippen molar-refractivity contribution in [2.45, 2.75) is 19.1 Å². The minimum atomic E-state index is -0.848. The van der Waals surface area contributed by atoms with Crippen LogP contribution in [0, 0.1) is 0 Å². The first-order chi connectivity index (χ1) is 6.17. The van der Waals surface area contributed by atoms with Crippen LogP contribution in [0.25, 0.3) is 0 Å². The van der Waals surface area contributed by atoms with E-state index in [2.05, 4.69) is 0 Å². The Bertz CT molecular complexity index is 259. The number of rotatable bonds is 3. The first kappa shape index (κ1) is 10.2. The number of hydrogen-bond donors (Lipinski definition) is 0. The summed E-state index contributed by atoms with van der Waals surface area (Å²) in [5, 5.41) is 0. The van der Waals surface area contributed by atoms with Crippen LogP contribution >= 0.6 is 0 Å². The van der Waals surface area contributed by atoms with Gasteiger partial charge in [-0.3, -0.25) is 4.79 Å². The lowest BCUT2D eigenvalue weighted by Crippen LogP contribution is -2.32. The molecule has 0 amide bonds. The third kappa shape index (κ3) is 1.87. The third-order valence-corrected chi connectivity index (χ3v) is 2.18. The van der Waals surface area contributed by atoms with E-state index < -0.39 is 5.79 Å². The molecular formula is C10H14O3. The number of hydrogen-bond acceptors (Lipinski definition) is 3. The van der Waals surface area contributed by atoms with Gasteiger partial charge in [-0.2, -0.15) is 0 Å². The van der Waals surface area contributed by atoms with Gasteiger partial charge in [-0.05, 0) is 24.6 Å². The molecule has 0 aromatic rings. The molecule has 3 heteroatoms. The smallest absolute Gasteiger partial charge is 0.208 e. The van der Waals surface area contributed by atoms with Crippen LogP contribution in [0.3, 0.4) is 0 Å². The summed E-state index contributed by atoms with van der Waals surface area (Å²) in [4.78, 5) is 11.3. The van der Waals surface area contributed by atoms with E-state index >= 15 is 0 Å². The van der Waals surface area contributed by atoms with Gasteiger partial charge in [0.05, 0.1) is 0 Å². The fourth-order valence-corrected chi connectivity index (χ4v) is 1.27. The van der Waals surface area contributed by atoms with Gasteiger partial charge in [-0.1, -0.05) is 6.92 Å². The molecule has 0 atom stereocenters. The highest BCUT2D eigenvalue weighted by Crippen LogP contribution is 2.23. The van der Waals surface area contributed by atoms with Crippen molar-refractivity contribution in [3.05, 3.63) is 23.8 Å². The van der Waals surface area contributed by atoms with Crippen molar-refractivity contribution in [1.29, 1.82) is 0 Å². The van der Waals surface area contributed by atoms with Crippen molar-refractivity contribution in [3.63, 3.8) is 0 Å². The molecule has 0 aromatic carbocycles. The van der Waals surface area contributed by atoms with Crippen molar-refractivity contribution >= 4 is 5.78 Å². The van der Waals surface area contributed by atoms with Crippen molar-refractivity contribution in [3.8, 4) is 0 Å². The second-order valence-corrected chi connectivity index (χ2v) is 2.85. The van der Waals surface area contributed by atoms with Crippen LogP contribution in [0.5, 0.6) is 0 Å². The van der Waals surface area contributed by atoms with E-state index in [0.29, 0.717) is 6.42 Å². The minimum Gasteiger partial charge on any atom is -0.346 e. The summed E-state index contributed by atoms with van der Waals surface area (Å²) in [5.74, 6) is -0.813. The van der Waals surface area contributed by atoms with Crippen LogP contribution in [0.4, 0.5) is 0 Å². The molecule has 0 saturated heterocycles. The SMILES string of the molecule is CCC1=CC(OC)(OC)C=CC1=O. The van der Waals surface area contributed by atoms with E-state index in [9.17, 15) is 4.79 Å². The van der Waals surface area contributed by atoms with Crippen molar-refractivity contribution in [1.82, 2.24) is 0 Å². The number of carbonyl (C=O) groups is 1. The maximum absolute atomic E-state index is 11.3. The highest BCUT2D eigenvalue weighted by molar-refractivity contribution is 6.05. The number of carbonyl (C=O) groups excluding carboxylic acids is 1. The zero-order valence-corrected chi connectivity index (χ0v) is 8.16. The molecule has 13 heavy (non-hydrogen) atoms. The Morgan fingerprint density at radius 1 is 1.38 bits per heavy atom. The van der Waals surface area contributed by atoms with Crippen molar-refractivity contribution in [2.75, 3.05) is 14.2 Å². The molecule has 0 aromatic heterocycles. The number of ether oxygens (including phenoxy) is 2. The highest BCUT2D eigenvalue weighted by atomic mass is 16.7. The summed E-state index contributed by atoms with van der Waals surface area (Å²) in [6.45, 7) is 1.93. The Morgan fingerprint density at radius 2 is 2.00 bits per heavy atom. The quantitative estimate of drug-likeness (QED) is 0.620. The zero-order chi connectivity index (χ0) is 9.90. The van der Waals surface area contributed by atoms with Gasteiger partial charge in [0, 0.05) is 19.8 Å². The molecule has 72 valence electrons. The molecule has 0 aliphatic heterocycles. The first-order valence-corrected chi connectivity index (χ1v) is 4.23. The monoisotopic (exact) mass is 182 g/mol. The largest absolute Gasteiger partial charge is 0.346 e. The summed E-state index contributed by atoms with van der Waals surface area (Å²) in [7, 11) is 3.10. The van der Waals surface area contributed by atoms with Gasteiger partial charge < -0.3 is 9.47 Å². The van der Waals surface area contributed by atoms with Gasteiger partial charge in [-0.15, -0.1) is 0 Å². The second-order valence-electron chi connectivity index (χ2n) is 2.85. The standard InChI is InChI=1S/C10H14O3/c1-4-8-7-10(12-2,13-3)6-5-9(8)11/h5-7H,4H2,1-3H3. The van der Waals surface area contributed by atoms with Gasteiger partial charge in [0.15, 0.2) is 5.78 Å². The van der Waals surface area contributed by atoms with Crippen LogP contribution in [-0.4, -0.2) is 25.8 Å². The summed E-state index contributed by atoms with van der Waals surface area (Å²) in [5.41, 5.74) is 0.728. The average Bonchev–Trinajstić information content (AvgIpc) is 2.19.